The summed E-state index contributed by atoms with van der Waals surface area (Å²) in [5.41, 5.74) is 18.9. The maximum Gasteiger partial charge on any atom is 0.143 e. The van der Waals surface area contributed by atoms with Crippen molar-refractivity contribution in [3.8, 4) is 44.5 Å². The van der Waals surface area contributed by atoms with Crippen LogP contribution in [0, 0.1) is 0 Å². The second-order valence-corrected chi connectivity index (χ2v) is 17.6. The number of benzene rings is 11. The lowest BCUT2D eigenvalue weighted by atomic mass is 9.68. The fraction of sp³-hybridized carbons (Fsp3) is 0.0154. The topological polar surface area (TPSA) is 16.4 Å². The molecule has 0 N–H and O–H groups in total. The monoisotopic (exact) mass is 853 g/mol. The molecule has 314 valence electrons. The zero-order valence-electron chi connectivity index (χ0n) is 36.7. The van der Waals surface area contributed by atoms with Crippen molar-refractivity contribution >= 4 is 49.8 Å². The smallest absolute Gasteiger partial charge is 0.143 e. The number of furan rings is 1. The molecule has 1 heterocycles. The average molecular weight is 854 g/mol. The second-order valence-electron chi connectivity index (χ2n) is 17.6. The first-order valence-electron chi connectivity index (χ1n) is 23.1. The van der Waals surface area contributed by atoms with Crippen LogP contribution in [0.15, 0.2) is 265 Å². The van der Waals surface area contributed by atoms with Crippen LogP contribution in [0.1, 0.15) is 22.3 Å². The normalized spacial score (nSPS) is 12.6. The maximum absolute atomic E-state index is 6.82. The van der Waals surface area contributed by atoms with Gasteiger partial charge in [-0.25, -0.2) is 0 Å². The molecule has 0 spiro atoms. The first kappa shape index (κ1) is 38.7. The predicted molar refractivity (Wildman–Crippen MR) is 280 cm³/mol. The van der Waals surface area contributed by atoms with Gasteiger partial charge >= 0.3 is 0 Å². The van der Waals surface area contributed by atoms with Crippen LogP contribution in [-0.2, 0) is 5.41 Å². The molecule has 67 heavy (non-hydrogen) atoms. The Morgan fingerprint density at radius 3 is 1.51 bits per heavy atom. The lowest BCUT2D eigenvalue weighted by Gasteiger charge is -2.34. The van der Waals surface area contributed by atoms with Crippen molar-refractivity contribution in [3.05, 3.63) is 283 Å². The molecule has 0 radical (unpaired) electrons. The highest BCUT2D eigenvalue weighted by Gasteiger charge is 2.46. The minimum atomic E-state index is -0.489. The summed E-state index contributed by atoms with van der Waals surface area (Å²) in [6.07, 6.45) is 0. The fourth-order valence-electron chi connectivity index (χ4n) is 10.9. The Morgan fingerprint density at radius 2 is 0.821 bits per heavy atom. The number of hydrogen-bond acceptors (Lipinski definition) is 2. The van der Waals surface area contributed by atoms with Crippen LogP contribution < -0.4 is 4.90 Å². The first-order valence-corrected chi connectivity index (χ1v) is 23.1. The molecule has 0 atom stereocenters. The van der Waals surface area contributed by atoms with Crippen LogP contribution in [0.3, 0.4) is 0 Å². The highest BCUT2D eigenvalue weighted by atomic mass is 16.3. The summed E-state index contributed by atoms with van der Waals surface area (Å²) in [6.45, 7) is 0. The van der Waals surface area contributed by atoms with E-state index in [1.54, 1.807) is 0 Å². The van der Waals surface area contributed by atoms with Gasteiger partial charge in [-0.1, -0.05) is 212 Å². The van der Waals surface area contributed by atoms with E-state index in [2.05, 4.69) is 266 Å². The molecule has 1 aliphatic rings. The first-order chi connectivity index (χ1) is 33.2. The van der Waals surface area contributed by atoms with E-state index in [-0.39, 0.29) is 0 Å². The van der Waals surface area contributed by atoms with Crippen molar-refractivity contribution in [2.45, 2.75) is 5.41 Å². The summed E-state index contributed by atoms with van der Waals surface area (Å²) in [4.78, 5) is 2.44. The molecule has 13 rings (SSSR count). The van der Waals surface area contributed by atoms with Crippen LogP contribution >= 0.6 is 0 Å². The molecular formula is C65H43NO. The number of hydrogen-bond donors (Lipinski definition) is 0. The Hall–Kier alpha value is -8.72. The van der Waals surface area contributed by atoms with Gasteiger partial charge in [-0.2, -0.15) is 0 Å². The summed E-state index contributed by atoms with van der Waals surface area (Å²) in [7, 11) is 0. The summed E-state index contributed by atoms with van der Waals surface area (Å²) in [5.74, 6) is 0. The van der Waals surface area contributed by atoms with Crippen LogP contribution in [-0.4, -0.2) is 0 Å². The molecule has 0 aliphatic heterocycles. The van der Waals surface area contributed by atoms with Gasteiger partial charge in [-0.3, -0.25) is 0 Å². The molecule has 0 fully saturated rings. The van der Waals surface area contributed by atoms with Crippen LogP contribution in [0.25, 0.3) is 77.2 Å². The Bertz CT molecular complexity index is 3680. The quantitative estimate of drug-likeness (QED) is 0.151. The fourth-order valence-corrected chi connectivity index (χ4v) is 10.9. The maximum atomic E-state index is 6.82. The van der Waals surface area contributed by atoms with E-state index in [9.17, 15) is 0 Å². The van der Waals surface area contributed by atoms with Crippen molar-refractivity contribution in [2.24, 2.45) is 0 Å². The van der Waals surface area contributed by atoms with E-state index >= 15 is 0 Å². The SMILES string of the molecule is c1ccc(-c2cc(-c3ccccc3)cc(N(c3ccc(-c4cccc5c4oc4c6ccccc6ccc54)cc3)c3ccc4c(c3)-c3ccccc3C4(c3ccccc3)c3ccccc3)c2)cc1. The van der Waals surface area contributed by atoms with Gasteiger partial charge in [-0.05, 0) is 115 Å². The van der Waals surface area contributed by atoms with E-state index in [0.717, 1.165) is 66.6 Å². The van der Waals surface area contributed by atoms with Crippen molar-refractivity contribution in [1.82, 2.24) is 0 Å². The van der Waals surface area contributed by atoms with Gasteiger partial charge in [0.05, 0.1) is 5.41 Å². The third kappa shape index (κ3) is 6.26. The molecule has 0 bridgehead atoms. The second kappa shape index (κ2) is 15.8. The summed E-state index contributed by atoms with van der Waals surface area (Å²) in [6, 6.07) is 95.0. The van der Waals surface area contributed by atoms with Crippen LogP contribution in [0.5, 0.6) is 0 Å². The third-order valence-electron chi connectivity index (χ3n) is 13.9. The standard InChI is InChI=1S/C65H43NO/c1-5-18-44(19-6-1)48-40-49(45-20-7-2-8-21-45)42-54(41-48)66(52-35-32-47(33-36-52)56-29-17-30-58-59-38-34-46-22-13-14-27-55(46)64(59)67-63(56)58)53-37-39-62-60(43-53)57-28-15-16-31-61(57)65(62,50-23-9-3-10-24-50)51-25-11-4-12-26-51/h1-43H. The largest absolute Gasteiger partial charge is 0.455 e. The van der Waals surface area contributed by atoms with E-state index in [1.807, 2.05) is 0 Å². The Kier molecular flexibility index (Phi) is 9.11. The van der Waals surface area contributed by atoms with Crippen molar-refractivity contribution in [3.63, 3.8) is 0 Å². The molecule has 0 amide bonds. The minimum absolute atomic E-state index is 0.489. The van der Waals surface area contributed by atoms with Gasteiger partial charge in [0.15, 0.2) is 0 Å². The predicted octanol–water partition coefficient (Wildman–Crippen LogP) is 17.6. The number of rotatable bonds is 8. The third-order valence-corrected chi connectivity index (χ3v) is 13.9. The average Bonchev–Trinajstić information content (AvgIpc) is 3.94. The van der Waals surface area contributed by atoms with Gasteiger partial charge in [0.2, 0.25) is 0 Å². The van der Waals surface area contributed by atoms with Gasteiger partial charge < -0.3 is 9.32 Å². The van der Waals surface area contributed by atoms with Crippen molar-refractivity contribution in [2.75, 3.05) is 4.90 Å². The molecule has 2 nitrogen and oxygen atoms in total. The van der Waals surface area contributed by atoms with E-state index in [0.29, 0.717) is 0 Å². The number of para-hydroxylation sites is 1. The van der Waals surface area contributed by atoms with E-state index < -0.39 is 5.41 Å². The lowest BCUT2D eigenvalue weighted by molar-refractivity contribution is 0.674. The molecule has 2 heteroatoms. The summed E-state index contributed by atoms with van der Waals surface area (Å²) < 4.78 is 6.82. The Labute approximate surface area is 390 Å². The lowest BCUT2D eigenvalue weighted by Crippen LogP contribution is -2.28. The molecule has 0 unspecified atom stereocenters. The zero-order chi connectivity index (χ0) is 44.3. The molecule has 0 saturated carbocycles. The molecular weight excluding hydrogens is 811 g/mol. The van der Waals surface area contributed by atoms with Gasteiger partial charge in [-0.15, -0.1) is 0 Å². The van der Waals surface area contributed by atoms with Crippen LogP contribution in [0.4, 0.5) is 17.1 Å². The van der Waals surface area contributed by atoms with Gasteiger partial charge in [0, 0.05) is 38.8 Å². The highest BCUT2D eigenvalue weighted by Crippen LogP contribution is 2.57. The van der Waals surface area contributed by atoms with E-state index in [1.165, 1.54) is 49.9 Å². The highest BCUT2D eigenvalue weighted by molar-refractivity contribution is 6.17. The number of anilines is 3. The van der Waals surface area contributed by atoms with Crippen molar-refractivity contribution < 1.29 is 4.42 Å². The molecule has 12 aromatic rings. The number of fused-ring (bicyclic) bond motifs is 8. The van der Waals surface area contributed by atoms with Crippen LogP contribution in [0.2, 0.25) is 0 Å². The molecule has 11 aromatic carbocycles. The summed E-state index contributed by atoms with van der Waals surface area (Å²) >= 11 is 0. The number of nitrogens with zero attached hydrogens (tertiary/aromatic N) is 1. The van der Waals surface area contributed by atoms with E-state index in [4.69, 9.17) is 4.42 Å². The van der Waals surface area contributed by atoms with Gasteiger partial charge in [0.25, 0.3) is 0 Å². The Balaban J connectivity index is 1.02. The molecule has 0 saturated heterocycles. The zero-order valence-corrected chi connectivity index (χ0v) is 36.7. The Morgan fingerprint density at radius 1 is 0.284 bits per heavy atom. The van der Waals surface area contributed by atoms with Crippen molar-refractivity contribution in [1.29, 1.82) is 0 Å². The summed E-state index contributed by atoms with van der Waals surface area (Å²) in [5, 5.41) is 4.55. The molecule has 1 aromatic heterocycles. The minimum Gasteiger partial charge on any atom is -0.455 e. The van der Waals surface area contributed by atoms with Gasteiger partial charge in [0.1, 0.15) is 11.2 Å². The molecule has 1 aliphatic carbocycles.